The van der Waals surface area contributed by atoms with Crippen LogP contribution in [0.4, 0.5) is 0 Å². The van der Waals surface area contributed by atoms with Crippen LogP contribution in [0, 0.1) is 0 Å². The number of ketones is 1. The van der Waals surface area contributed by atoms with Gasteiger partial charge in [-0.05, 0) is 45.8 Å². The van der Waals surface area contributed by atoms with Gasteiger partial charge in [0.25, 0.3) is 0 Å². The Morgan fingerprint density at radius 2 is 2.10 bits per heavy atom. The highest BCUT2D eigenvalue weighted by Gasteiger charge is 2.13. The second-order valence-corrected chi connectivity index (χ2v) is 6.67. The van der Waals surface area contributed by atoms with E-state index in [4.69, 9.17) is 14.2 Å². The maximum atomic E-state index is 11.9. The Hall–Kier alpha value is -1.37. The third-order valence-electron chi connectivity index (χ3n) is 2.79. The molecule has 2 heterocycles. The van der Waals surface area contributed by atoms with Crippen LogP contribution in [0.15, 0.2) is 34.1 Å². The van der Waals surface area contributed by atoms with Crippen LogP contribution >= 0.6 is 27.3 Å². The summed E-state index contributed by atoms with van der Waals surface area (Å²) in [5, 5.41) is 0. The lowest BCUT2D eigenvalue weighted by Crippen LogP contribution is -2.07. The van der Waals surface area contributed by atoms with Gasteiger partial charge in [0, 0.05) is 0 Å². The average Bonchev–Trinajstić information content (AvgIpc) is 3.06. The molecular weight excluding hydrogens is 344 g/mol. The van der Waals surface area contributed by atoms with Gasteiger partial charge in [-0.1, -0.05) is 6.07 Å². The SMILES string of the molecule is O=C(COCc1ccc2c(c1)OCO2)c1ccc(Br)s1. The van der Waals surface area contributed by atoms with Crippen molar-refractivity contribution >= 4 is 33.0 Å². The van der Waals surface area contributed by atoms with E-state index in [0.29, 0.717) is 11.5 Å². The number of Topliss-reactive ketones (excluding diaryl/α,β-unsaturated/α-hetero) is 1. The Kier molecular flexibility index (Phi) is 4.05. The average molecular weight is 355 g/mol. The Labute approximate surface area is 128 Å². The summed E-state index contributed by atoms with van der Waals surface area (Å²) in [7, 11) is 0. The van der Waals surface area contributed by atoms with Gasteiger partial charge >= 0.3 is 0 Å². The second-order valence-electron chi connectivity index (χ2n) is 4.21. The van der Waals surface area contributed by atoms with Gasteiger partial charge in [0.05, 0.1) is 15.3 Å². The summed E-state index contributed by atoms with van der Waals surface area (Å²) < 4.78 is 16.9. The third kappa shape index (κ3) is 3.03. The summed E-state index contributed by atoms with van der Waals surface area (Å²) >= 11 is 4.74. The Morgan fingerprint density at radius 3 is 2.90 bits per heavy atom. The molecule has 4 nitrogen and oxygen atoms in total. The quantitative estimate of drug-likeness (QED) is 0.769. The van der Waals surface area contributed by atoms with Gasteiger partial charge in [0.1, 0.15) is 6.61 Å². The van der Waals surface area contributed by atoms with E-state index in [0.717, 1.165) is 20.8 Å². The van der Waals surface area contributed by atoms with E-state index in [2.05, 4.69) is 15.9 Å². The van der Waals surface area contributed by atoms with Crippen molar-refractivity contribution < 1.29 is 19.0 Å². The van der Waals surface area contributed by atoms with Crippen LogP contribution < -0.4 is 9.47 Å². The first-order valence-corrected chi connectivity index (χ1v) is 7.58. The van der Waals surface area contributed by atoms with Gasteiger partial charge in [-0.2, -0.15) is 0 Å². The summed E-state index contributed by atoms with van der Waals surface area (Å²) in [5.41, 5.74) is 0.953. The molecule has 0 atom stereocenters. The van der Waals surface area contributed by atoms with E-state index in [-0.39, 0.29) is 19.2 Å². The molecule has 20 heavy (non-hydrogen) atoms. The predicted octanol–water partition coefficient (Wildman–Crippen LogP) is 3.64. The molecular formula is C14H11BrO4S. The van der Waals surface area contributed by atoms with E-state index < -0.39 is 0 Å². The van der Waals surface area contributed by atoms with Crippen molar-refractivity contribution in [1.29, 1.82) is 0 Å². The minimum Gasteiger partial charge on any atom is -0.454 e. The fourth-order valence-corrected chi connectivity index (χ4v) is 3.14. The molecule has 0 saturated carbocycles. The first-order chi connectivity index (χ1) is 9.72. The Bertz CT molecular complexity index is 638. The van der Waals surface area contributed by atoms with Crippen LogP contribution in [-0.2, 0) is 11.3 Å². The van der Waals surface area contributed by atoms with Gasteiger partial charge in [-0.3, -0.25) is 4.79 Å². The van der Waals surface area contributed by atoms with E-state index in [9.17, 15) is 4.79 Å². The molecule has 0 amide bonds. The molecule has 0 unspecified atom stereocenters. The zero-order chi connectivity index (χ0) is 13.9. The van der Waals surface area contributed by atoms with Crippen LogP contribution in [0.1, 0.15) is 15.2 Å². The van der Waals surface area contributed by atoms with Crippen LogP contribution in [0.2, 0.25) is 0 Å². The van der Waals surface area contributed by atoms with Crippen molar-refractivity contribution in [3.05, 3.63) is 44.6 Å². The van der Waals surface area contributed by atoms with Crippen LogP contribution in [-0.4, -0.2) is 19.2 Å². The zero-order valence-corrected chi connectivity index (χ0v) is 12.8. The van der Waals surface area contributed by atoms with Crippen molar-refractivity contribution in [3.63, 3.8) is 0 Å². The number of carbonyl (C=O) groups is 1. The lowest BCUT2D eigenvalue weighted by atomic mass is 10.2. The molecule has 6 heteroatoms. The molecule has 104 valence electrons. The minimum absolute atomic E-state index is 0.0126. The van der Waals surface area contributed by atoms with Gasteiger partial charge in [0.2, 0.25) is 6.79 Å². The van der Waals surface area contributed by atoms with Crippen LogP contribution in [0.25, 0.3) is 0 Å². The van der Waals surface area contributed by atoms with Crippen LogP contribution in [0.5, 0.6) is 11.5 Å². The number of hydrogen-bond acceptors (Lipinski definition) is 5. The fourth-order valence-electron chi connectivity index (χ4n) is 1.83. The zero-order valence-electron chi connectivity index (χ0n) is 10.4. The fraction of sp³-hybridized carbons (Fsp3) is 0.214. The lowest BCUT2D eigenvalue weighted by molar-refractivity contribution is 0.0730. The maximum absolute atomic E-state index is 11.9. The smallest absolute Gasteiger partial charge is 0.231 e. The molecule has 2 aromatic rings. The summed E-state index contributed by atoms with van der Waals surface area (Å²) in [6, 6.07) is 9.27. The van der Waals surface area contributed by atoms with E-state index in [1.54, 1.807) is 6.07 Å². The number of hydrogen-bond donors (Lipinski definition) is 0. The molecule has 0 spiro atoms. The number of benzene rings is 1. The van der Waals surface area contributed by atoms with Gasteiger partial charge in [0.15, 0.2) is 17.3 Å². The minimum atomic E-state index is -0.0126. The standard InChI is InChI=1S/C14H11BrO4S/c15-14-4-3-13(20-14)10(16)7-17-6-9-1-2-11-12(5-9)19-8-18-11/h1-5H,6-8H2. The molecule has 0 aliphatic carbocycles. The number of rotatable bonds is 5. The first-order valence-electron chi connectivity index (χ1n) is 5.97. The summed E-state index contributed by atoms with van der Waals surface area (Å²) in [5.74, 6) is 1.45. The molecule has 0 N–H and O–H groups in total. The maximum Gasteiger partial charge on any atom is 0.231 e. The number of thiophene rings is 1. The number of halogens is 1. The second kappa shape index (κ2) is 5.95. The van der Waals surface area contributed by atoms with Crippen molar-refractivity contribution in [3.8, 4) is 11.5 Å². The van der Waals surface area contributed by atoms with Crippen molar-refractivity contribution in [1.82, 2.24) is 0 Å². The normalized spacial score (nSPS) is 12.7. The van der Waals surface area contributed by atoms with Gasteiger partial charge < -0.3 is 14.2 Å². The van der Waals surface area contributed by atoms with Crippen LogP contribution in [0.3, 0.4) is 0 Å². The first kappa shape index (κ1) is 13.6. The summed E-state index contributed by atoms with van der Waals surface area (Å²) in [4.78, 5) is 12.6. The monoisotopic (exact) mass is 354 g/mol. The molecule has 0 radical (unpaired) electrons. The molecule has 0 saturated heterocycles. The Balaban J connectivity index is 1.54. The molecule has 0 fully saturated rings. The molecule has 3 rings (SSSR count). The highest BCUT2D eigenvalue weighted by atomic mass is 79.9. The topological polar surface area (TPSA) is 44.8 Å². The number of carbonyl (C=O) groups excluding carboxylic acids is 1. The van der Waals surface area contributed by atoms with Gasteiger partial charge in [-0.15, -0.1) is 11.3 Å². The molecule has 0 bridgehead atoms. The highest BCUT2D eigenvalue weighted by Crippen LogP contribution is 2.32. The lowest BCUT2D eigenvalue weighted by Gasteiger charge is -2.04. The van der Waals surface area contributed by atoms with Crippen molar-refractivity contribution in [2.45, 2.75) is 6.61 Å². The molecule has 1 aliphatic rings. The third-order valence-corrected chi connectivity index (χ3v) is 4.45. The number of ether oxygens (including phenoxy) is 3. The summed E-state index contributed by atoms with van der Waals surface area (Å²) in [6.07, 6.45) is 0. The van der Waals surface area contributed by atoms with E-state index in [1.165, 1.54) is 11.3 Å². The summed E-state index contributed by atoms with van der Waals surface area (Å²) in [6.45, 7) is 0.696. The highest BCUT2D eigenvalue weighted by molar-refractivity contribution is 9.11. The van der Waals surface area contributed by atoms with E-state index in [1.807, 2.05) is 24.3 Å². The molecule has 1 aromatic heterocycles. The van der Waals surface area contributed by atoms with Crippen molar-refractivity contribution in [2.24, 2.45) is 0 Å². The predicted molar refractivity (Wildman–Crippen MR) is 78.6 cm³/mol. The van der Waals surface area contributed by atoms with E-state index >= 15 is 0 Å². The Morgan fingerprint density at radius 1 is 1.25 bits per heavy atom. The van der Waals surface area contributed by atoms with Gasteiger partial charge in [-0.25, -0.2) is 0 Å². The molecule has 1 aromatic carbocycles. The van der Waals surface area contributed by atoms with Crippen molar-refractivity contribution in [2.75, 3.05) is 13.4 Å². The number of fused-ring (bicyclic) bond motifs is 1. The molecule has 1 aliphatic heterocycles. The largest absolute Gasteiger partial charge is 0.454 e.